The Balaban J connectivity index is 1.29. The van der Waals surface area contributed by atoms with Gasteiger partial charge in [-0.2, -0.15) is 0 Å². The molecule has 0 saturated carbocycles. The quantitative estimate of drug-likeness (QED) is 0.176. The molecule has 0 saturated heterocycles. The van der Waals surface area contributed by atoms with Gasteiger partial charge in [-0.05, 0) is 92.9 Å². The Kier molecular flexibility index (Phi) is 7.67. The maximum atomic E-state index is 2.45. The van der Waals surface area contributed by atoms with Gasteiger partial charge in [0.2, 0.25) is 0 Å². The third kappa shape index (κ3) is 5.70. The smallest absolute Gasteiger partial charge is 0.0499 e. The Morgan fingerprint density at radius 3 is 1.62 bits per heavy atom. The van der Waals surface area contributed by atoms with E-state index in [0.717, 1.165) is 11.4 Å². The van der Waals surface area contributed by atoms with Gasteiger partial charge in [0.1, 0.15) is 0 Å². The summed E-state index contributed by atoms with van der Waals surface area (Å²) in [6.07, 6.45) is 0. The van der Waals surface area contributed by atoms with Crippen LogP contribution in [0.15, 0.2) is 170 Å². The fourth-order valence-electron chi connectivity index (χ4n) is 6.73. The highest BCUT2D eigenvalue weighted by Crippen LogP contribution is 2.45. The molecule has 1 nitrogen and oxygen atoms in total. The Morgan fingerprint density at radius 2 is 0.917 bits per heavy atom. The van der Waals surface area contributed by atoms with Crippen LogP contribution in [-0.4, -0.2) is 0 Å². The van der Waals surface area contributed by atoms with Crippen LogP contribution in [0.3, 0.4) is 0 Å². The van der Waals surface area contributed by atoms with Crippen LogP contribution in [0.5, 0.6) is 0 Å². The fourth-order valence-corrected chi connectivity index (χ4v) is 7.87. The van der Waals surface area contributed by atoms with Gasteiger partial charge >= 0.3 is 0 Å². The minimum atomic E-state index is -0.105. The second-order valence-electron chi connectivity index (χ2n) is 13.5. The van der Waals surface area contributed by atoms with Crippen molar-refractivity contribution in [2.24, 2.45) is 0 Å². The first-order valence-corrected chi connectivity index (χ1v) is 17.4. The first kappa shape index (κ1) is 29.9. The minimum absolute atomic E-state index is 0.105. The largest absolute Gasteiger partial charge is 0.310 e. The summed E-state index contributed by atoms with van der Waals surface area (Å²) >= 11 is 1.87. The number of hydrogen-bond donors (Lipinski definition) is 0. The maximum absolute atomic E-state index is 2.45. The molecule has 0 radical (unpaired) electrons. The molecule has 0 bridgehead atoms. The van der Waals surface area contributed by atoms with Crippen molar-refractivity contribution >= 4 is 48.6 Å². The van der Waals surface area contributed by atoms with Crippen molar-refractivity contribution in [1.82, 2.24) is 0 Å². The molecule has 48 heavy (non-hydrogen) atoms. The molecule has 0 atom stereocenters. The molecule has 0 aliphatic carbocycles. The molecular weight excluding hydrogens is 599 g/mol. The Bertz CT molecular complexity index is 2360. The van der Waals surface area contributed by atoms with Crippen LogP contribution in [0.4, 0.5) is 17.1 Å². The van der Waals surface area contributed by atoms with Crippen molar-refractivity contribution in [2.45, 2.75) is 26.2 Å². The summed E-state index contributed by atoms with van der Waals surface area (Å²) < 4.78 is 2.62. The second-order valence-corrected chi connectivity index (χ2v) is 14.5. The molecule has 0 aliphatic rings. The van der Waals surface area contributed by atoms with Gasteiger partial charge < -0.3 is 4.90 Å². The molecule has 0 fully saturated rings. The molecule has 0 spiro atoms. The molecule has 1 heterocycles. The van der Waals surface area contributed by atoms with Gasteiger partial charge in [0.25, 0.3) is 0 Å². The van der Waals surface area contributed by atoms with E-state index in [1.165, 1.54) is 64.8 Å². The zero-order chi connectivity index (χ0) is 32.7. The van der Waals surface area contributed by atoms with Crippen LogP contribution in [0.2, 0.25) is 0 Å². The lowest BCUT2D eigenvalue weighted by Gasteiger charge is -2.32. The maximum Gasteiger partial charge on any atom is 0.0499 e. The van der Waals surface area contributed by atoms with Gasteiger partial charge in [0.15, 0.2) is 0 Å². The summed E-state index contributed by atoms with van der Waals surface area (Å²) in [5, 5.41) is 2.63. The van der Waals surface area contributed by atoms with E-state index in [2.05, 4.69) is 196 Å². The van der Waals surface area contributed by atoms with Gasteiger partial charge in [-0.3, -0.25) is 0 Å². The zero-order valence-electron chi connectivity index (χ0n) is 27.5. The van der Waals surface area contributed by atoms with Gasteiger partial charge in [0.05, 0.1) is 0 Å². The molecule has 2 heteroatoms. The highest BCUT2D eigenvalue weighted by molar-refractivity contribution is 7.25. The second kappa shape index (κ2) is 12.3. The van der Waals surface area contributed by atoms with Crippen LogP contribution in [0, 0.1) is 0 Å². The SMILES string of the molecule is CC(C)(C)c1cc(-c2cccc(-c3ccccc3)c2)ccc1N(c1ccc(-c2ccccc2)cc1)c1ccc2c(c1)sc1ccccc12. The molecule has 0 unspecified atom stereocenters. The van der Waals surface area contributed by atoms with E-state index in [0.29, 0.717) is 0 Å². The van der Waals surface area contributed by atoms with Gasteiger partial charge in [-0.1, -0.05) is 142 Å². The van der Waals surface area contributed by atoms with Gasteiger partial charge in [-0.25, -0.2) is 0 Å². The van der Waals surface area contributed by atoms with E-state index < -0.39 is 0 Å². The third-order valence-corrected chi connectivity index (χ3v) is 10.3. The fraction of sp³-hybridized carbons (Fsp3) is 0.0870. The third-order valence-electron chi connectivity index (χ3n) is 9.20. The van der Waals surface area contributed by atoms with Crippen molar-refractivity contribution in [3.05, 3.63) is 175 Å². The highest BCUT2D eigenvalue weighted by Gasteiger charge is 2.25. The number of rotatable bonds is 6. The average Bonchev–Trinajstić information content (AvgIpc) is 3.50. The molecule has 0 N–H and O–H groups in total. The van der Waals surface area contributed by atoms with Crippen molar-refractivity contribution in [2.75, 3.05) is 4.90 Å². The molecule has 8 aromatic rings. The lowest BCUT2D eigenvalue weighted by molar-refractivity contribution is 0.591. The van der Waals surface area contributed by atoms with Crippen molar-refractivity contribution in [1.29, 1.82) is 0 Å². The number of hydrogen-bond acceptors (Lipinski definition) is 2. The average molecular weight is 636 g/mol. The zero-order valence-corrected chi connectivity index (χ0v) is 28.3. The first-order chi connectivity index (χ1) is 23.4. The van der Waals surface area contributed by atoms with E-state index in [1.807, 2.05) is 11.3 Å². The summed E-state index contributed by atoms with van der Waals surface area (Å²) in [6.45, 7) is 6.96. The summed E-state index contributed by atoms with van der Waals surface area (Å²) in [7, 11) is 0. The van der Waals surface area contributed by atoms with Crippen molar-refractivity contribution in [3.8, 4) is 33.4 Å². The number of thiophene rings is 1. The van der Waals surface area contributed by atoms with Crippen LogP contribution in [-0.2, 0) is 5.41 Å². The summed E-state index contributed by atoms with van der Waals surface area (Å²) in [5.41, 5.74) is 12.0. The van der Waals surface area contributed by atoms with E-state index in [4.69, 9.17) is 0 Å². The van der Waals surface area contributed by atoms with E-state index in [1.54, 1.807) is 0 Å². The Morgan fingerprint density at radius 1 is 0.396 bits per heavy atom. The van der Waals surface area contributed by atoms with Crippen LogP contribution < -0.4 is 4.90 Å². The van der Waals surface area contributed by atoms with E-state index >= 15 is 0 Å². The summed E-state index contributed by atoms with van der Waals surface area (Å²) in [5.74, 6) is 0. The topological polar surface area (TPSA) is 3.24 Å². The monoisotopic (exact) mass is 635 g/mol. The highest BCUT2D eigenvalue weighted by atomic mass is 32.1. The number of nitrogens with zero attached hydrogens (tertiary/aromatic N) is 1. The normalized spacial score (nSPS) is 11.6. The summed E-state index contributed by atoms with van der Waals surface area (Å²) in [4.78, 5) is 2.45. The summed E-state index contributed by atoms with van der Waals surface area (Å²) in [6, 6.07) is 61.9. The first-order valence-electron chi connectivity index (χ1n) is 16.6. The van der Waals surface area contributed by atoms with Crippen LogP contribution in [0.1, 0.15) is 26.3 Å². The molecule has 232 valence electrons. The molecule has 0 aliphatic heterocycles. The number of benzene rings is 7. The molecule has 0 amide bonds. The van der Waals surface area contributed by atoms with E-state index in [-0.39, 0.29) is 5.41 Å². The minimum Gasteiger partial charge on any atom is -0.310 e. The predicted octanol–water partition coefficient (Wildman–Crippen LogP) is 13.8. The van der Waals surface area contributed by atoms with Gasteiger partial charge in [0, 0.05) is 37.2 Å². The van der Waals surface area contributed by atoms with Crippen molar-refractivity contribution < 1.29 is 0 Å². The lowest BCUT2D eigenvalue weighted by atomic mass is 9.83. The van der Waals surface area contributed by atoms with Gasteiger partial charge in [-0.15, -0.1) is 11.3 Å². The van der Waals surface area contributed by atoms with E-state index in [9.17, 15) is 0 Å². The Hall–Kier alpha value is -5.44. The van der Waals surface area contributed by atoms with Crippen molar-refractivity contribution in [3.63, 3.8) is 0 Å². The number of anilines is 3. The number of fused-ring (bicyclic) bond motifs is 3. The molecule has 8 rings (SSSR count). The lowest BCUT2D eigenvalue weighted by Crippen LogP contribution is -2.19. The van der Waals surface area contributed by atoms with Crippen LogP contribution in [0.25, 0.3) is 53.6 Å². The molecule has 7 aromatic carbocycles. The van der Waals surface area contributed by atoms with Crippen LogP contribution >= 0.6 is 11.3 Å². The molecular formula is C46H37NS. The molecule has 1 aromatic heterocycles. The standard InChI is InChI=1S/C46H37NS/c1-46(2,3)42-30-37(36-18-12-17-35(29-36)33-15-8-5-9-16-33)23-28-43(42)47(38-24-21-34(22-25-38)32-13-6-4-7-14-32)39-26-27-41-40-19-10-11-20-44(40)48-45(41)31-39/h4-31H,1-3H3. The Labute approximate surface area is 287 Å². The predicted molar refractivity (Wildman–Crippen MR) is 209 cm³/mol.